The first-order valence-corrected chi connectivity index (χ1v) is 9.10. The normalized spacial score (nSPS) is 10.7. The molecule has 0 aliphatic rings. The van der Waals surface area contributed by atoms with Crippen LogP contribution in [0.4, 0.5) is 11.4 Å². The van der Waals surface area contributed by atoms with Gasteiger partial charge in [0.15, 0.2) is 0 Å². The zero-order valence-corrected chi connectivity index (χ0v) is 16.5. The van der Waals surface area contributed by atoms with Crippen LogP contribution in [0.25, 0.3) is 0 Å². The van der Waals surface area contributed by atoms with Crippen LogP contribution in [0, 0.1) is 6.92 Å². The Morgan fingerprint density at radius 1 is 1.11 bits per heavy atom. The molecular formula is C19H20Cl2N4O2. The van der Waals surface area contributed by atoms with Crippen LogP contribution in [0.3, 0.4) is 0 Å². The number of hydrogen-bond acceptors (Lipinski definition) is 4. The number of halogens is 2. The van der Waals surface area contributed by atoms with E-state index in [0.29, 0.717) is 27.8 Å². The van der Waals surface area contributed by atoms with Gasteiger partial charge in [-0.3, -0.25) is 9.59 Å². The van der Waals surface area contributed by atoms with Crippen LogP contribution in [0.2, 0.25) is 10.0 Å². The summed E-state index contributed by atoms with van der Waals surface area (Å²) in [6.45, 7) is 4.24. The lowest BCUT2D eigenvalue weighted by atomic mass is 10.1. The smallest absolute Gasteiger partial charge is 0.329 e. The Morgan fingerprint density at radius 3 is 2.59 bits per heavy atom. The van der Waals surface area contributed by atoms with Crippen molar-refractivity contribution in [1.82, 2.24) is 10.7 Å². The summed E-state index contributed by atoms with van der Waals surface area (Å²) in [5.74, 6) is -1.56. The first-order valence-electron chi connectivity index (χ1n) is 8.34. The van der Waals surface area contributed by atoms with Crippen molar-refractivity contribution in [3.8, 4) is 0 Å². The number of carbonyl (C=O) groups excluding carboxylic acids is 2. The number of rotatable bonds is 6. The molecule has 0 aliphatic carbocycles. The number of nitrogens with zero attached hydrogens (tertiary/aromatic N) is 1. The molecule has 0 saturated heterocycles. The molecule has 2 rings (SSSR count). The van der Waals surface area contributed by atoms with Gasteiger partial charge in [-0.15, -0.1) is 0 Å². The van der Waals surface area contributed by atoms with Crippen LogP contribution in [0.15, 0.2) is 41.5 Å². The van der Waals surface area contributed by atoms with E-state index < -0.39 is 11.8 Å². The highest BCUT2D eigenvalue weighted by atomic mass is 35.5. The molecule has 0 bridgehead atoms. The van der Waals surface area contributed by atoms with Gasteiger partial charge in [0.1, 0.15) is 0 Å². The van der Waals surface area contributed by atoms with Gasteiger partial charge in [-0.2, -0.15) is 5.10 Å². The molecule has 8 heteroatoms. The van der Waals surface area contributed by atoms with Crippen LogP contribution in [-0.2, 0) is 9.59 Å². The largest absolute Gasteiger partial charge is 0.355 e. The van der Waals surface area contributed by atoms with E-state index >= 15 is 0 Å². The highest BCUT2D eigenvalue weighted by Crippen LogP contribution is 2.26. The van der Waals surface area contributed by atoms with E-state index in [2.05, 4.69) is 21.2 Å². The van der Waals surface area contributed by atoms with Crippen molar-refractivity contribution in [3.05, 3.63) is 57.6 Å². The van der Waals surface area contributed by atoms with Crippen molar-refractivity contribution in [3.63, 3.8) is 0 Å². The average Bonchev–Trinajstić information content (AvgIpc) is 2.64. The standard InChI is InChI=1S/C19H20Cl2N4O2/c1-3-8-22-18(26)19(27)25-23-11-13-9-14(20)5-7-17(13)24-15-6-4-12(2)16(21)10-15/h4-7,9-11,24H,3,8H2,1-2H3,(H,22,26)(H,25,27)/b23-11-. The fraction of sp³-hybridized carbons (Fsp3) is 0.211. The maximum atomic E-state index is 11.7. The van der Waals surface area contributed by atoms with Gasteiger partial charge in [-0.1, -0.05) is 36.2 Å². The van der Waals surface area contributed by atoms with Crippen LogP contribution < -0.4 is 16.1 Å². The predicted octanol–water partition coefficient (Wildman–Crippen LogP) is 4.02. The van der Waals surface area contributed by atoms with Gasteiger partial charge in [0.2, 0.25) is 0 Å². The minimum atomic E-state index is -0.832. The minimum absolute atomic E-state index is 0.428. The van der Waals surface area contributed by atoms with Gasteiger partial charge in [0.05, 0.1) is 6.21 Å². The van der Waals surface area contributed by atoms with Crippen molar-refractivity contribution in [2.24, 2.45) is 5.10 Å². The molecule has 0 aliphatic heterocycles. The van der Waals surface area contributed by atoms with E-state index in [1.165, 1.54) is 6.21 Å². The summed E-state index contributed by atoms with van der Waals surface area (Å²) in [6, 6.07) is 10.8. The molecule has 0 heterocycles. The highest BCUT2D eigenvalue weighted by Gasteiger charge is 2.11. The second kappa shape index (κ2) is 9.94. The molecule has 0 atom stereocenters. The number of hydrazone groups is 1. The van der Waals surface area contributed by atoms with E-state index in [4.69, 9.17) is 23.2 Å². The highest BCUT2D eigenvalue weighted by molar-refractivity contribution is 6.35. The summed E-state index contributed by atoms with van der Waals surface area (Å²) in [5.41, 5.74) is 5.31. The second-order valence-electron chi connectivity index (χ2n) is 5.78. The third-order valence-corrected chi connectivity index (χ3v) is 4.22. The fourth-order valence-electron chi connectivity index (χ4n) is 2.11. The molecule has 6 nitrogen and oxygen atoms in total. The molecule has 2 aromatic rings. The molecule has 0 saturated carbocycles. The third kappa shape index (κ3) is 6.27. The quantitative estimate of drug-likeness (QED) is 0.384. The molecule has 0 fully saturated rings. The van der Waals surface area contributed by atoms with Gasteiger partial charge in [0, 0.05) is 33.5 Å². The number of benzene rings is 2. The van der Waals surface area contributed by atoms with E-state index in [0.717, 1.165) is 17.7 Å². The Bertz CT molecular complexity index is 869. The topological polar surface area (TPSA) is 82.6 Å². The molecule has 0 aromatic heterocycles. The number of aryl methyl sites for hydroxylation is 1. The zero-order valence-electron chi connectivity index (χ0n) is 15.0. The molecule has 2 aromatic carbocycles. The van der Waals surface area contributed by atoms with E-state index in [1.807, 2.05) is 32.0 Å². The summed E-state index contributed by atoms with van der Waals surface area (Å²) in [7, 11) is 0. The maximum Gasteiger partial charge on any atom is 0.329 e. The lowest BCUT2D eigenvalue weighted by Gasteiger charge is -2.11. The summed E-state index contributed by atoms with van der Waals surface area (Å²) in [4.78, 5) is 23.2. The van der Waals surface area contributed by atoms with Gasteiger partial charge in [0.25, 0.3) is 0 Å². The first-order chi connectivity index (χ1) is 12.9. The fourth-order valence-corrected chi connectivity index (χ4v) is 2.47. The van der Waals surface area contributed by atoms with Crippen LogP contribution >= 0.6 is 23.2 Å². The molecule has 2 amide bonds. The van der Waals surface area contributed by atoms with Gasteiger partial charge in [-0.25, -0.2) is 5.43 Å². The lowest BCUT2D eigenvalue weighted by molar-refractivity contribution is -0.139. The van der Waals surface area contributed by atoms with Crippen molar-refractivity contribution in [2.45, 2.75) is 20.3 Å². The number of hydrogen-bond donors (Lipinski definition) is 3. The third-order valence-electron chi connectivity index (χ3n) is 3.58. The Balaban J connectivity index is 2.12. The molecule has 142 valence electrons. The van der Waals surface area contributed by atoms with E-state index in [-0.39, 0.29) is 0 Å². The van der Waals surface area contributed by atoms with Gasteiger partial charge in [-0.05, 0) is 49.2 Å². The first kappa shape index (κ1) is 20.7. The minimum Gasteiger partial charge on any atom is -0.355 e. The number of anilines is 2. The van der Waals surface area contributed by atoms with Crippen LogP contribution in [-0.4, -0.2) is 24.6 Å². The molecule has 0 unspecified atom stereocenters. The lowest BCUT2D eigenvalue weighted by Crippen LogP contribution is -2.38. The maximum absolute atomic E-state index is 11.7. The molecular weight excluding hydrogens is 387 g/mol. The second-order valence-corrected chi connectivity index (χ2v) is 6.62. The van der Waals surface area contributed by atoms with E-state index in [9.17, 15) is 9.59 Å². The number of nitrogens with one attached hydrogen (secondary N) is 3. The molecule has 0 spiro atoms. The van der Waals surface area contributed by atoms with Crippen molar-refractivity contribution < 1.29 is 9.59 Å². The Labute approximate surface area is 167 Å². The van der Waals surface area contributed by atoms with Crippen molar-refractivity contribution >= 4 is 52.6 Å². The predicted molar refractivity (Wildman–Crippen MR) is 110 cm³/mol. The summed E-state index contributed by atoms with van der Waals surface area (Å²) >= 11 is 12.2. The monoisotopic (exact) mass is 406 g/mol. The zero-order chi connectivity index (χ0) is 19.8. The average molecular weight is 407 g/mol. The number of amides is 2. The van der Waals surface area contributed by atoms with Gasteiger partial charge < -0.3 is 10.6 Å². The number of carbonyl (C=O) groups is 2. The van der Waals surface area contributed by atoms with Crippen LogP contribution in [0.1, 0.15) is 24.5 Å². The summed E-state index contributed by atoms with van der Waals surface area (Å²) in [6.07, 6.45) is 2.15. The SMILES string of the molecule is CCCNC(=O)C(=O)N/N=C\c1cc(Cl)ccc1Nc1ccc(C)c(Cl)c1. The molecule has 0 radical (unpaired) electrons. The van der Waals surface area contributed by atoms with Gasteiger partial charge >= 0.3 is 11.8 Å². The molecule has 3 N–H and O–H groups in total. The Kier molecular flexibility index (Phi) is 7.64. The molecule has 27 heavy (non-hydrogen) atoms. The Morgan fingerprint density at radius 2 is 1.89 bits per heavy atom. The van der Waals surface area contributed by atoms with Crippen molar-refractivity contribution in [2.75, 3.05) is 11.9 Å². The summed E-state index contributed by atoms with van der Waals surface area (Å²) < 4.78 is 0. The van der Waals surface area contributed by atoms with E-state index in [1.54, 1.807) is 18.2 Å². The summed E-state index contributed by atoms with van der Waals surface area (Å²) in [5, 5.41) is 10.7. The Hall–Kier alpha value is -2.57. The van der Waals surface area contributed by atoms with Crippen molar-refractivity contribution in [1.29, 1.82) is 0 Å². The van der Waals surface area contributed by atoms with Crippen LogP contribution in [0.5, 0.6) is 0 Å².